The van der Waals surface area contributed by atoms with E-state index in [-0.39, 0.29) is 18.2 Å². The van der Waals surface area contributed by atoms with Gasteiger partial charge in [-0.3, -0.25) is 4.79 Å². The Balaban J connectivity index is 1.85. The number of carbonyl (C=O) groups is 2. The number of rotatable bonds is 3. The van der Waals surface area contributed by atoms with Crippen LogP contribution in [0, 0.1) is 6.92 Å². The number of aryl methyl sites for hydroxylation is 1. The fourth-order valence-electron chi connectivity index (χ4n) is 2.59. The average Bonchev–Trinajstić information content (AvgIpc) is 3.22. The van der Waals surface area contributed by atoms with Crippen molar-refractivity contribution in [2.75, 3.05) is 19.7 Å². The SMILES string of the molecule is CCOC(=O)N1CCCN1C(=O)c1nn(-c2ccccc2)nc1C. The van der Waals surface area contributed by atoms with Crippen LogP contribution in [0.5, 0.6) is 0 Å². The Kier molecular flexibility index (Phi) is 4.45. The Labute approximate surface area is 139 Å². The molecule has 0 saturated carbocycles. The van der Waals surface area contributed by atoms with Crippen LogP contribution in [0.15, 0.2) is 30.3 Å². The molecular weight excluding hydrogens is 310 g/mol. The van der Waals surface area contributed by atoms with Gasteiger partial charge in [-0.05, 0) is 32.4 Å². The third-order valence-corrected chi connectivity index (χ3v) is 3.72. The molecule has 1 aliphatic heterocycles. The number of aromatic nitrogens is 3. The number of hydrogen-bond donors (Lipinski definition) is 0. The molecule has 0 atom stereocenters. The monoisotopic (exact) mass is 329 g/mol. The lowest BCUT2D eigenvalue weighted by Gasteiger charge is -2.26. The molecule has 1 aromatic heterocycles. The first-order valence-electron chi connectivity index (χ1n) is 7.87. The molecular formula is C16H19N5O3. The molecule has 24 heavy (non-hydrogen) atoms. The summed E-state index contributed by atoms with van der Waals surface area (Å²) in [6, 6.07) is 9.35. The van der Waals surface area contributed by atoms with Crippen LogP contribution in [0.25, 0.3) is 5.69 Å². The zero-order chi connectivity index (χ0) is 17.1. The van der Waals surface area contributed by atoms with Gasteiger partial charge in [-0.15, -0.1) is 5.10 Å². The Morgan fingerprint density at radius 2 is 1.83 bits per heavy atom. The predicted molar refractivity (Wildman–Crippen MR) is 85.5 cm³/mol. The van der Waals surface area contributed by atoms with E-state index < -0.39 is 6.09 Å². The van der Waals surface area contributed by atoms with E-state index in [1.54, 1.807) is 13.8 Å². The van der Waals surface area contributed by atoms with E-state index in [1.807, 2.05) is 30.3 Å². The van der Waals surface area contributed by atoms with Crippen molar-refractivity contribution in [2.24, 2.45) is 0 Å². The van der Waals surface area contributed by atoms with Gasteiger partial charge in [0.25, 0.3) is 5.91 Å². The van der Waals surface area contributed by atoms with Gasteiger partial charge >= 0.3 is 6.09 Å². The second-order valence-corrected chi connectivity index (χ2v) is 5.36. The highest BCUT2D eigenvalue weighted by Gasteiger charge is 2.34. The normalized spacial score (nSPS) is 14.1. The minimum atomic E-state index is -0.517. The molecule has 8 heteroatoms. The summed E-state index contributed by atoms with van der Waals surface area (Å²) in [7, 11) is 0. The smallest absolute Gasteiger partial charge is 0.428 e. The van der Waals surface area contributed by atoms with Crippen molar-refractivity contribution in [3.63, 3.8) is 0 Å². The summed E-state index contributed by atoms with van der Waals surface area (Å²) < 4.78 is 5.00. The lowest BCUT2D eigenvalue weighted by Crippen LogP contribution is -2.45. The fraction of sp³-hybridized carbons (Fsp3) is 0.375. The summed E-state index contributed by atoms with van der Waals surface area (Å²) in [6.07, 6.45) is 0.188. The van der Waals surface area contributed by atoms with Crippen molar-refractivity contribution in [1.29, 1.82) is 0 Å². The average molecular weight is 329 g/mol. The van der Waals surface area contributed by atoms with Crippen molar-refractivity contribution < 1.29 is 14.3 Å². The lowest BCUT2D eigenvalue weighted by atomic mass is 10.3. The molecule has 8 nitrogen and oxygen atoms in total. The van der Waals surface area contributed by atoms with Crippen molar-refractivity contribution in [3.8, 4) is 5.69 Å². The van der Waals surface area contributed by atoms with Crippen LogP contribution < -0.4 is 0 Å². The molecule has 2 aromatic rings. The zero-order valence-corrected chi connectivity index (χ0v) is 13.7. The van der Waals surface area contributed by atoms with Crippen molar-refractivity contribution >= 4 is 12.0 Å². The minimum absolute atomic E-state index is 0.232. The van der Waals surface area contributed by atoms with Crippen molar-refractivity contribution in [1.82, 2.24) is 25.0 Å². The van der Waals surface area contributed by atoms with E-state index >= 15 is 0 Å². The van der Waals surface area contributed by atoms with Crippen LogP contribution in [0.3, 0.4) is 0 Å². The lowest BCUT2D eigenvalue weighted by molar-refractivity contribution is 0.0141. The van der Waals surface area contributed by atoms with Crippen LogP contribution in [0.2, 0.25) is 0 Å². The summed E-state index contributed by atoms with van der Waals surface area (Å²) >= 11 is 0. The van der Waals surface area contributed by atoms with Crippen LogP contribution >= 0.6 is 0 Å². The van der Waals surface area contributed by atoms with Crippen LogP contribution in [0.1, 0.15) is 29.5 Å². The van der Waals surface area contributed by atoms with Gasteiger partial charge in [0, 0.05) is 13.1 Å². The minimum Gasteiger partial charge on any atom is -0.448 e. The first-order valence-corrected chi connectivity index (χ1v) is 7.87. The number of para-hydroxylation sites is 1. The number of carbonyl (C=O) groups excluding carboxylic acids is 2. The highest BCUT2D eigenvalue weighted by Crippen LogP contribution is 2.17. The number of nitrogens with zero attached hydrogens (tertiary/aromatic N) is 5. The van der Waals surface area contributed by atoms with E-state index in [4.69, 9.17) is 4.74 Å². The molecule has 2 heterocycles. The van der Waals surface area contributed by atoms with E-state index in [2.05, 4.69) is 10.2 Å². The summed E-state index contributed by atoms with van der Waals surface area (Å²) in [5.41, 5.74) is 1.51. The van der Waals surface area contributed by atoms with Gasteiger partial charge in [0.1, 0.15) is 0 Å². The van der Waals surface area contributed by atoms with Crippen LogP contribution in [-0.2, 0) is 4.74 Å². The van der Waals surface area contributed by atoms with Crippen molar-refractivity contribution in [2.45, 2.75) is 20.3 Å². The van der Waals surface area contributed by atoms with E-state index in [0.717, 1.165) is 5.69 Å². The van der Waals surface area contributed by atoms with Gasteiger partial charge < -0.3 is 4.74 Å². The molecule has 0 unspecified atom stereocenters. The molecule has 0 spiro atoms. The molecule has 1 aromatic carbocycles. The molecule has 1 saturated heterocycles. The second-order valence-electron chi connectivity index (χ2n) is 5.36. The molecule has 0 N–H and O–H groups in total. The highest BCUT2D eigenvalue weighted by molar-refractivity contribution is 5.94. The Hall–Kier alpha value is -2.90. The summed E-state index contributed by atoms with van der Waals surface area (Å²) in [5, 5.41) is 11.3. The third kappa shape index (κ3) is 2.94. The number of hydrazine groups is 1. The maximum Gasteiger partial charge on any atom is 0.428 e. The standard InChI is InChI=1S/C16H19N5O3/c1-3-24-16(23)20-11-7-10-19(20)15(22)14-12(2)17-21(18-14)13-8-5-4-6-9-13/h4-6,8-9H,3,7,10-11H2,1-2H3. The van der Waals surface area contributed by atoms with Gasteiger partial charge in [0.15, 0.2) is 5.69 Å². The van der Waals surface area contributed by atoms with Crippen LogP contribution in [0.4, 0.5) is 4.79 Å². The second kappa shape index (κ2) is 6.69. The van der Waals surface area contributed by atoms with Gasteiger partial charge in [0.05, 0.1) is 18.0 Å². The molecule has 2 amide bonds. The number of amides is 2. The molecule has 3 rings (SSSR count). The van der Waals surface area contributed by atoms with Crippen LogP contribution in [-0.4, -0.2) is 56.7 Å². The highest BCUT2D eigenvalue weighted by atomic mass is 16.6. The predicted octanol–water partition coefficient (Wildman–Crippen LogP) is 1.80. The maximum absolute atomic E-state index is 12.8. The Morgan fingerprint density at radius 1 is 1.12 bits per heavy atom. The fourth-order valence-corrected chi connectivity index (χ4v) is 2.59. The summed E-state index contributed by atoms with van der Waals surface area (Å²) in [4.78, 5) is 26.2. The van der Waals surface area contributed by atoms with Crippen molar-refractivity contribution in [3.05, 3.63) is 41.7 Å². The largest absolute Gasteiger partial charge is 0.448 e. The topological polar surface area (TPSA) is 80.6 Å². The first-order chi connectivity index (χ1) is 11.6. The number of ether oxygens (including phenoxy) is 1. The van der Waals surface area contributed by atoms with E-state index in [9.17, 15) is 9.59 Å². The molecule has 126 valence electrons. The summed E-state index contributed by atoms with van der Waals surface area (Å²) in [6.45, 7) is 4.63. The van der Waals surface area contributed by atoms with E-state index in [0.29, 0.717) is 25.2 Å². The van der Waals surface area contributed by atoms with Gasteiger partial charge in [0.2, 0.25) is 0 Å². The van der Waals surface area contributed by atoms with E-state index in [1.165, 1.54) is 14.8 Å². The van der Waals surface area contributed by atoms with Gasteiger partial charge in [-0.2, -0.15) is 9.90 Å². The number of benzene rings is 1. The number of hydrogen-bond acceptors (Lipinski definition) is 5. The third-order valence-electron chi connectivity index (χ3n) is 3.72. The maximum atomic E-state index is 12.8. The first kappa shape index (κ1) is 16.0. The Bertz CT molecular complexity index is 743. The summed E-state index contributed by atoms with van der Waals surface area (Å²) in [5.74, 6) is -0.347. The van der Waals surface area contributed by atoms with Gasteiger partial charge in [-0.25, -0.2) is 14.8 Å². The molecule has 1 fully saturated rings. The zero-order valence-electron chi connectivity index (χ0n) is 13.7. The molecule has 0 radical (unpaired) electrons. The molecule has 1 aliphatic rings. The Morgan fingerprint density at radius 3 is 2.54 bits per heavy atom. The van der Waals surface area contributed by atoms with Gasteiger partial charge in [-0.1, -0.05) is 18.2 Å². The molecule has 0 bridgehead atoms. The quantitative estimate of drug-likeness (QED) is 0.858. The molecule has 0 aliphatic carbocycles.